The lowest BCUT2D eigenvalue weighted by Crippen LogP contribution is -2.11. The van der Waals surface area contributed by atoms with Crippen molar-refractivity contribution in [1.29, 1.82) is 10.5 Å². The Kier molecular flexibility index (Phi) is 7.23. The van der Waals surface area contributed by atoms with Crippen molar-refractivity contribution in [3.63, 3.8) is 0 Å². The Hall–Kier alpha value is -6.10. The molecular formula is C47H40N4. The third-order valence-electron chi connectivity index (χ3n) is 10.3. The van der Waals surface area contributed by atoms with E-state index in [-0.39, 0.29) is 10.8 Å². The summed E-state index contributed by atoms with van der Waals surface area (Å²) in [4.78, 5) is 0. The van der Waals surface area contributed by atoms with E-state index in [9.17, 15) is 10.5 Å². The summed E-state index contributed by atoms with van der Waals surface area (Å²) in [6.45, 7) is 15.5. The molecule has 0 N–H and O–H groups in total. The number of nitriles is 2. The van der Waals surface area contributed by atoms with Crippen LogP contribution in [0.25, 0.3) is 66.1 Å². The van der Waals surface area contributed by atoms with Gasteiger partial charge in [-0.1, -0.05) is 108 Å². The molecule has 2 aromatic heterocycles. The smallest absolute Gasteiger partial charge is 0.0998 e. The molecule has 4 nitrogen and oxygen atoms in total. The second kappa shape index (κ2) is 11.5. The fraction of sp³-hybridized carbons (Fsp3) is 0.191. The van der Waals surface area contributed by atoms with Crippen LogP contribution in [-0.2, 0) is 10.8 Å². The van der Waals surface area contributed by atoms with Crippen molar-refractivity contribution in [2.24, 2.45) is 0 Å². The Morgan fingerprint density at radius 1 is 0.490 bits per heavy atom. The van der Waals surface area contributed by atoms with Crippen molar-refractivity contribution in [1.82, 2.24) is 9.13 Å². The standard InChI is InChI=1S/C47H40N4/c1-29-20-30(27-48)22-31(21-29)39-26-45(51-41-15-11-9-13-36(41)38-19-17-34(25-43(38)51)47(5,6)7)44(23-32(39)28-49)50-40-14-10-8-12-35(40)37-18-16-33(24-42(37)50)46(2,3)4/h8-26H,1-7H3. The molecule has 0 unspecified atom stereocenters. The number of para-hydroxylation sites is 2. The van der Waals surface area contributed by atoms with E-state index in [2.05, 4.69) is 166 Å². The molecule has 0 saturated heterocycles. The second-order valence-electron chi connectivity index (χ2n) is 15.9. The monoisotopic (exact) mass is 660 g/mol. The van der Waals surface area contributed by atoms with Crippen molar-refractivity contribution in [3.8, 4) is 34.6 Å². The Bertz CT molecular complexity index is 2800. The quantitative estimate of drug-likeness (QED) is 0.189. The molecule has 6 aromatic carbocycles. The number of hydrogen-bond acceptors (Lipinski definition) is 2. The molecule has 0 radical (unpaired) electrons. The minimum absolute atomic E-state index is 0.0558. The topological polar surface area (TPSA) is 57.4 Å². The predicted octanol–water partition coefficient (Wildman–Crippen LogP) is 12.2. The zero-order valence-corrected chi connectivity index (χ0v) is 30.3. The molecule has 0 bridgehead atoms. The number of rotatable bonds is 3. The van der Waals surface area contributed by atoms with Crippen molar-refractivity contribution in [3.05, 3.63) is 143 Å². The normalized spacial score (nSPS) is 12.2. The van der Waals surface area contributed by atoms with E-state index in [0.29, 0.717) is 11.1 Å². The van der Waals surface area contributed by atoms with E-state index in [1.165, 1.54) is 27.3 Å². The van der Waals surface area contributed by atoms with Gasteiger partial charge in [-0.05, 0) is 88.5 Å². The molecule has 0 saturated carbocycles. The van der Waals surface area contributed by atoms with E-state index in [1.54, 1.807) is 0 Å². The first kappa shape index (κ1) is 32.1. The molecule has 0 atom stereocenters. The Morgan fingerprint density at radius 3 is 1.47 bits per heavy atom. The minimum Gasteiger partial charge on any atom is -0.307 e. The molecule has 51 heavy (non-hydrogen) atoms. The van der Waals surface area contributed by atoms with Crippen LogP contribution < -0.4 is 0 Å². The highest BCUT2D eigenvalue weighted by Gasteiger charge is 2.25. The maximum atomic E-state index is 10.8. The van der Waals surface area contributed by atoms with E-state index < -0.39 is 0 Å². The van der Waals surface area contributed by atoms with Crippen LogP contribution >= 0.6 is 0 Å². The Morgan fingerprint density at radius 2 is 0.980 bits per heavy atom. The van der Waals surface area contributed by atoms with Crippen molar-refractivity contribution >= 4 is 43.6 Å². The number of benzene rings is 6. The second-order valence-corrected chi connectivity index (χ2v) is 15.9. The summed E-state index contributed by atoms with van der Waals surface area (Å²) in [5, 5.41) is 25.4. The first-order valence-corrected chi connectivity index (χ1v) is 17.6. The van der Waals surface area contributed by atoms with Crippen LogP contribution in [0, 0.1) is 29.6 Å². The number of fused-ring (bicyclic) bond motifs is 6. The van der Waals surface area contributed by atoms with Crippen molar-refractivity contribution in [2.75, 3.05) is 0 Å². The average Bonchev–Trinajstić information content (AvgIpc) is 3.62. The van der Waals surface area contributed by atoms with Gasteiger partial charge in [-0.3, -0.25) is 0 Å². The minimum atomic E-state index is -0.0560. The van der Waals surface area contributed by atoms with Crippen molar-refractivity contribution in [2.45, 2.75) is 59.3 Å². The summed E-state index contributed by atoms with van der Waals surface area (Å²) in [6, 6.07) is 45.8. The van der Waals surface area contributed by atoms with E-state index >= 15 is 0 Å². The van der Waals surface area contributed by atoms with Gasteiger partial charge in [0, 0.05) is 27.1 Å². The predicted molar refractivity (Wildman–Crippen MR) is 212 cm³/mol. The van der Waals surface area contributed by atoms with Gasteiger partial charge in [-0.2, -0.15) is 10.5 Å². The van der Waals surface area contributed by atoms with Crippen LogP contribution in [0.3, 0.4) is 0 Å². The van der Waals surface area contributed by atoms with Gasteiger partial charge in [0.05, 0.1) is 56.7 Å². The molecule has 2 heterocycles. The summed E-state index contributed by atoms with van der Waals surface area (Å²) in [6.07, 6.45) is 0. The molecule has 0 aliphatic rings. The third-order valence-corrected chi connectivity index (χ3v) is 10.3. The van der Waals surface area contributed by atoms with Crippen LogP contribution in [0.4, 0.5) is 0 Å². The van der Waals surface area contributed by atoms with Gasteiger partial charge < -0.3 is 9.13 Å². The van der Waals surface area contributed by atoms with Crippen molar-refractivity contribution < 1.29 is 0 Å². The summed E-state index contributed by atoms with van der Waals surface area (Å²) >= 11 is 0. The fourth-order valence-corrected chi connectivity index (χ4v) is 7.66. The van der Waals surface area contributed by atoms with Gasteiger partial charge in [-0.25, -0.2) is 0 Å². The highest BCUT2D eigenvalue weighted by Crippen LogP contribution is 2.42. The molecule has 8 aromatic rings. The lowest BCUT2D eigenvalue weighted by atomic mass is 9.86. The number of hydrogen-bond donors (Lipinski definition) is 0. The number of aromatic nitrogens is 2. The third kappa shape index (κ3) is 5.19. The number of aryl methyl sites for hydroxylation is 1. The summed E-state index contributed by atoms with van der Waals surface area (Å²) in [7, 11) is 0. The van der Waals surface area contributed by atoms with Gasteiger partial charge >= 0.3 is 0 Å². The highest BCUT2D eigenvalue weighted by atomic mass is 15.1. The molecule has 0 spiro atoms. The first-order chi connectivity index (χ1) is 24.4. The molecule has 8 rings (SSSR count). The summed E-state index contributed by atoms with van der Waals surface area (Å²) < 4.78 is 4.74. The number of nitrogens with zero attached hydrogens (tertiary/aromatic N) is 4. The van der Waals surface area contributed by atoms with Gasteiger partial charge in [0.2, 0.25) is 0 Å². The molecule has 0 fully saturated rings. The Labute approximate surface area is 299 Å². The van der Waals surface area contributed by atoms with E-state index in [4.69, 9.17) is 0 Å². The van der Waals surface area contributed by atoms with E-state index in [0.717, 1.165) is 55.5 Å². The van der Waals surface area contributed by atoms with Gasteiger partial charge in [-0.15, -0.1) is 0 Å². The molecule has 0 aliphatic heterocycles. The summed E-state index contributed by atoms with van der Waals surface area (Å²) in [5.41, 5.74) is 12.4. The summed E-state index contributed by atoms with van der Waals surface area (Å²) in [5.74, 6) is 0. The maximum absolute atomic E-state index is 10.8. The van der Waals surface area contributed by atoms with Gasteiger partial charge in [0.15, 0.2) is 0 Å². The maximum Gasteiger partial charge on any atom is 0.0998 e. The van der Waals surface area contributed by atoms with Crippen LogP contribution in [0.1, 0.15) is 69.4 Å². The first-order valence-electron chi connectivity index (χ1n) is 17.6. The average molecular weight is 661 g/mol. The van der Waals surface area contributed by atoms with Crippen LogP contribution in [-0.4, -0.2) is 9.13 Å². The molecule has 248 valence electrons. The molecule has 4 heteroatoms. The zero-order valence-electron chi connectivity index (χ0n) is 30.3. The lowest BCUT2D eigenvalue weighted by molar-refractivity contribution is 0.590. The van der Waals surface area contributed by atoms with Crippen LogP contribution in [0.2, 0.25) is 0 Å². The molecule has 0 aliphatic carbocycles. The Balaban J connectivity index is 1.59. The lowest BCUT2D eigenvalue weighted by Gasteiger charge is -2.22. The van der Waals surface area contributed by atoms with Crippen LogP contribution in [0.5, 0.6) is 0 Å². The molecular weight excluding hydrogens is 621 g/mol. The highest BCUT2D eigenvalue weighted by molar-refractivity contribution is 6.12. The largest absolute Gasteiger partial charge is 0.307 e. The van der Waals surface area contributed by atoms with Gasteiger partial charge in [0.25, 0.3) is 0 Å². The van der Waals surface area contributed by atoms with Crippen LogP contribution in [0.15, 0.2) is 115 Å². The molecule has 0 amide bonds. The SMILES string of the molecule is Cc1cc(C#N)cc(-c2cc(-n3c4ccccc4c4ccc(C(C)(C)C)cc43)c(-n3c4ccccc4c4ccc(C(C)(C)C)cc43)cc2C#N)c1. The van der Waals surface area contributed by atoms with E-state index in [1.807, 2.05) is 19.1 Å². The van der Waals surface area contributed by atoms with Gasteiger partial charge in [0.1, 0.15) is 0 Å². The fourth-order valence-electron chi connectivity index (χ4n) is 7.66. The zero-order chi connectivity index (χ0) is 35.8.